The summed E-state index contributed by atoms with van der Waals surface area (Å²) in [5.41, 5.74) is 2.39. The zero-order chi connectivity index (χ0) is 18.7. The number of carbonyl (C=O) groups is 2. The van der Waals surface area contributed by atoms with Crippen LogP contribution in [0.4, 0.5) is 0 Å². The second kappa shape index (κ2) is 8.11. The van der Waals surface area contributed by atoms with Crippen LogP contribution in [0.3, 0.4) is 0 Å². The fraction of sp³-hybridized carbons (Fsp3) is 0.619. The maximum absolute atomic E-state index is 12.6. The fourth-order valence-corrected chi connectivity index (χ4v) is 4.22. The van der Waals surface area contributed by atoms with E-state index in [-0.39, 0.29) is 17.9 Å². The van der Waals surface area contributed by atoms with Gasteiger partial charge in [0.05, 0.1) is 12.6 Å². The van der Waals surface area contributed by atoms with Gasteiger partial charge in [0.15, 0.2) is 0 Å². The predicted molar refractivity (Wildman–Crippen MR) is 101 cm³/mol. The first-order valence-electron chi connectivity index (χ1n) is 9.75. The summed E-state index contributed by atoms with van der Waals surface area (Å²) in [6, 6.07) is 6.48. The van der Waals surface area contributed by atoms with E-state index in [0.717, 1.165) is 37.1 Å². The van der Waals surface area contributed by atoms with Crippen molar-refractivity contribution in [1.82, 2.24) is 9.80 Å². The Bertz CT molecular complexity index is 673. The maximum atomic E-state index is 12.6. The summed E-state index contributed by atoms with van der Waals surface area (Å²) in [6.45, 7) is 6.22. The SMILES string of the molecule is CCOc1ccc(CCCC(=O)N2CC[C@@H]3CC(=O)N(C)[C@@H]3C2)cc1C. The van der Waals surface area contributed by atoms with Gasteiger partial charge in [0, 0.05) is 33.0 Å². The van der Waals surface area contributed by atoms with E-state index < -0.39 is 0 Å². The first-order valence-corrected chi connectivity index (χ1v) is 9.75. The molecule has 2 heterocycles. The van der Waals surface area contributed by atoms with Gasteiger partial charge < -0.3 is 14.5 Å². The van der Waals surface area contributed by atoms with Crippen molar-refractivity contribution in [2.24, 2.45) is 5.92 Å². The number of benzene rings is 1. The number of hydrogen-bond donors (Lipinski definition) is 0. The van der Waals surface area contributed by atoms with Crippen molar-refractivity contribution in [1.29, 1.82) is 0 Å². The number of fused-ring (bicyclic) bond motifs is 1. The number of piperidine rings is 1. The fourth-order valence-electron chi connectivity index (χ4n) is 4.22. The van der Waals surface area contributed by atoms with Crippen LogP contribution in [0, 0.1) is 12.8 Å². The molecule has 5 nitrogen and oxygen atoms in total. The molecule has 26 heavy (non-hydrogen) atoms. The molecule has 0 aromatic heterocycles. The standard InChI is InChI=1S/C21H30N2O3/c1-4-26-19-9-8-16(12-15(19)2)6-5-7-20(24)23-11-10-17-13-21(25)22(3)18(17)14-23/h8-9,12,17-18H,4-7,10-11,13-14H2,1-3H3/t17-,18-/m1/s1. The normalized spacial score (nSPS) is 22.5. The Morgan fingerprint density at radius 2 is 2.15 bits per heavy atom. The van der Waals surface area contributed by atoms with Crippen LogP contribution in [0.15, 0.2) is 18.2 Å². The number of likely N-dealkylation sites (tertiary alicyclic amines) is 2. The number of ether oxygens (including phenoxy) is 1. The number of nitrogens with zero attached hydrogens (tertiary/aromatic N) is 2. The molecule has 0 aliphatic carbocycles. The third-order valence-corrected chi connectivity index (χ3v) is 5.80. The third-order valence-electron chi connectivity index (χ3n) is 5.80. The van der Waals surface area contributed by atoms with E-state index in [0.29, 0.717) is 31.9 Å². The van der Waals surface area contributed by atoms with Crippen molar-refractivity contribution in [2.45, 2.75) is 52.0 Å². The number of aryl methyl sites for hydroxylation is 2. The van der Waals surface area contributed by atoms with Crippen molar-refractivity contribution in [3.05, 3.63) is 29.3 Å². The Morgan fingerprint density at radius 3 is 2.88 bits per heavy atom. The summed E-state index contributed by atoms with van der Waals surface area (Å²) in [5.74, 6) is 1.81. The van der Waals surface area contributed by atoms with Gasteiger partial charge in [0.25, 0.3) is 0 Å². The van der Waals surface area contributed by atoms with Crippen LogP contribution in [0.25, 0.3) is 0 Å². The van der Waals surface area contributed by atoms with Gasteiger partial charge in [-0.1, -0.05) is 12.1 Å². The van der Waals surface area contributed by atoms with Gasteiger partial charge in [-0.25, -0.2) is 0 Å². The lowest BCUT2D eigenvalue weighted by molar-refractivity contribution is -0.135. The van der Waals surface area contributed by atoms with E-state index in [2.05, 4.69) is 19.1 Å². The molecule has 0 unspecified atom stereocenters. The number of likely N-dealkylation sites (N-methyl/N-ethyl adjacent to an activating group) is 1. The first-order chi connectivity index (χ1) is 12.5. The summed E-state index contributed by atoms with van der Waals surface area (Å²) >= 11 is 0. The monoisotopic (exact) mass is 358 g/mol. The highest BCUT2D eigenvalue weighted by Gasteiger charge is 2.41. The molecule has 3 rings (SSSR count). The smallest absolute Gasteiger partial charge is 0.222 e. The minimum absolute atomic E-state index is 0.217. The van der Waals surface area contributed by atoms with Crippen LogP contribution in [0.2, 0.25) is 0 Å². The van der Waals surface area contributed by atoms with Crippen molar-refractivity contribution in [3.8, 4) is 5.75 Å². The zero-order valence-electron chi connectivity index (χ0n) is 16.2. The average molecular weight is 358 g/mol. The molecule has 2 amide bonds. The number of amides is 2. The number of rotatable bonds is 6. The van der Waals surface area contributed by atoms with Crippen molar-refractivity contribution < 1.29 is 14.3 Å². The Balaban J connectivity index is 1.47. The molecule has 2 aliphatic heterocycles. The summed E-state index contributed by atoms with van der Waals surface area (Å²) < 4.78 is 5.58. The first kappa shape index (κ1) is 18.7. The predicted octanol–water partition coefficient (Wildman–Crippen LogP) is 2.80. The lowest BCUT2D eigenvalue weighted by Crippen LogP contribution is -2.49. The molecule has 0 N–H and O–H groups in total. The molecule has 2 fully saturated rings. The molecule has 5 heteroatoms. The highest BCUT2D eigenvalue weighted by molar-refractivity contribution is 5.80. The molecule has 0 spiro atoms. The second-order valence-corrected chi connectivity index (χ2v) is 7.55. The molecular formula is C21H30N2O3. The van der Waals surface area contributed by atoms with Crippen molar-refractivity contribution >= 4 is 11.8 Å². The van der Waals surface area contributed by atoms with Gasteiger partial charge in [-0.3, -0.25) is 9.59 Å². The topological polar surface area (TPSA) is 49.9 Å². The highest BCUT2D eigenvalue weighted by Crippen LogP contribution is 2.31. The van der Waals surface area contributed by atoms with Gasteiger partial charge in [0.1, 0.15) is 5.75 Å². The van der Waals surface area contributed by atoms with Gasteiger partial charge in [-0.2, -0.15) is 0 Å². The average Bonchev–Trinajstić information content (AvgIpc) is 2.91. The van der Waals surface area contributed by atoms with Crippen molar-refractivity contribution in [3.63, 3.8) is 0 Å². The lowest BCUT2D eigenvalue weighted by atomic mass is 9.92. The quantitative estimate of drug-likeness (QED) is 0.786. The van der Waals surface area contributed by atoms with E-state index in [1.165, 1.54) is 5.56 Å². The largest absolute Gasteiger partial charge is 0.494 e. The van der Waals surface area contributed by atoms with Crippen LogP contribution >= 0.6 is 0 Å². The van der Waals surface area contributed by atoms with Crippen LogP contribution in [-0.2, 0) is 16.0 Å². The molecule has 142 valence electrons. The van der Waals surface area contributed by atoms with E-state index in [9.17, 15) is 9.59 Å². The molecule has 1 aromatic carbocycles. The molecular weight excluding hydrogens is 328 g/mol. The molecule has 1 aromatic rings. The third kappa shape index (κ3) is 4.02. The van der Waals surface area contributed by atoms with E-state index in [1.54, 1.807) is 0 Å². The maximum Gasteiger partial charge on any atom is 0.222 e. The van der Waals surface area contributed by atoms with Crippen LogP contribution in [0.1, 0.15) is 43.7 Å². The highest BCUT2D eigenvalue weighted by atomic mass is 16.5. The summed E-state index contributed by atoms with van der Waals surface area (Å²) in [7, 11) is 1.87. The molecule has 0 radical (unpaired) electrons. The summed E-state index contributed by atoms with van der Waals surface area (Å²) in [4.78, 5) is 28.2. The Hall–Kier alpha value is -2.04. The Labute approximate surface area is 156 Å². The van der Waals surface area contributed by atoms with E-state index >= 15 is 0 Å². The number of hydrogen-bond acceptors (Lipinski definition) is 3. The molecule has 2 saturated heterocycles. The van der Waals surface area contributed by atoms with Crippen molar-refractivity contribution in [2.75, 3.05) is 26.7 Å². The number of carbonyl (C=O) groups excluding carboxylic acids is 2. The van der Waals surface area contributed by atoms with Gasteiger partial charge in [0.2, 0.25) is 11.8 Å². The van der Waals surface area contributed by atoms with Crippen LogP contribution < -0.4 is 4.74 Å². The van der Waals surface area contributed by atoms with Crippen LogP contribution in [-0.4, -0.2) is 54.4 Å². The second-order valence-electron chi connectivity index (χ2n) is 7.55. The van der Waals surface area contributed by atoms with Crippen LogP contribution in [0.5, 0.6) is 5.75 Å². The summed E-state index contributed by atoms with van der Waals surface area (Å²) in [5, 5.41) is 0. The van der Waals surface area contributed by atoms with Gasteiger partial charge in [-0.05, 0) is 56.2 Å². The minimum Gasteiger partial charge on any atom is -0.494 e. The molecule has 2 atom stereocenters. The molecule has 0 bridgehead atoms. The minimum atomic E-state index is 0.217. The molecule has 2 aliphatic rings. The zero-order valence-corrected chi connectivity index (χ0v) is 16.2. The van der Waals surface area contributed by atoms with Gasteiger partial charge >= 0.3 is 0 Å². The van der Waals surface area contributed by atoms with Gasteiger partial charge in [-0.15, -0.1) is 0 Å². The summed E-state index contributed by atoms with van der Waals surface area (Å²) in [6.07, 6.45) is 3.93. The van der Waals surface area contributed by atoms with E-state index in [4.69, 9.17) is 4.74 Å². The Kier molecular flexibility index (Phi) is 5.84. The molecule has 0 saturated carbocycles. The lowest BCUT2D eigenvalue weighted by Gasteiger charge is -2.37. The van der Waals surface area contributed by atoms with E-state index in [1.807, 2.05) is 29.8 Å². The Morgan fingerprint density at radius 1 is 1.35 bits per heavy atom.